The summed E-state index contributed by atoms with van der Waals surface area (Å²) >= 11 is 0. The van der Waals surface area contributed by atoms with Crippen molar-refractivity contribution in [1.29, 1.82) is 0 Å². The number of aromatic amines is 1. The Kier molecular flexibility index (Phi) is 9.49. The average molecular weight is 503 g/mol. The maximum absolute atomic E-state index is 13.2. The van der Waals surface area contributed by atoms with Crippen molar-refractivity contribution in [3.63, 3.8) is 0 Å². The maximum atomic E-state index is 13.2. The van der Waals surface area contributed by atoms with E-state index in [1.807, 2.05) is 30.3 Å². The summed E-state index contributed by atoms with van der Waals surface area (Å²) < 4.78 is 0. The van der Waals surface area contributed by atoms with Crippen LogP contribution in [0.15, 0.2) is 54.6 Å². The van der Waals surface area contributed by atoms with Crippen molar-refractivity contribution >= 4 is 28.5 Å². The number of rotatable bonds is 13. The highest BCUT2D eigenvalue weighted by Gasteiger charge is 2.27. The first-order valence-corrected chi connectivity index (χ1v) is 13.5. The lowest BCUT2D eigenvalue weighted by Gasteiger charge is -2.21. The minimum Gasteiger partial charge on any atom is -0.354 e. The Labute approximate surface area is 218 Å². The molecule has 196 valence electrons. The second-order valence-electron chi connectivity index (χ2n) is 9.94. The maximum Gasteiger partial charge on any atom is 0.242 e. The first-order chi connectivity index (χ1) is 18.0. The summed E-state index contributed by atoms with van der Waals surface area (Å²) in [5.41, 5.74) is 4.42. The van der Waals surface area contributed by atoms with Gasteiger partial charge >= 0.3 is 0 Å². The number of ketones is 1. The molecule has 1 aliphatic heterocycles. The number of carbonyl (C=O) groups excluding carboxylic acids is 3. The summed E-state index contributed by atoms with van der Waals surface area (Å²) in [6.45, 7) is 2.90. The number of hydrogen-bond acceptors (Lipinski definition) is 4. The number of amides is 2. The molecule has 37 heavy (non-hydrogen) atoms. The van der Waals surface area contributed by atoms with Gasteiger partial charge in [-0.05, 0) is 62.8 Å². The quantitative estimate of drug-likeness (QED) is 0.262. The highest BCUT2D eigenvalue weighted by molar-refractivity contribution is 5.91. The van der Waals surface area contributed by atoms with Gasteiger partial charge in [0, 0.05) is 29.6 Å². The molecule has 3 aromatic rings. The van der Waals surface area contributed by atoms with Crippen LogP contribution in [0, 0.1) is 0 Å². The molecule has 2 atom stereocenters. The number of nitrogens with one attached hydrogen (secondary N) is 4. The van der Waals surface area contributed by atoms with E-state index in [0.29, 0.717) is 25.8 Å². The van der Waals surface area contributed by atoms with E-state index in [-0.39, 0.29) is 23.6 Å². The summed E-state index contributed by atoms with van der Waals surface area (Å²) in [6, 6.07) is 17.6. The van der Waals surface area contributed by atoms with Crippen molar-refractivity contribution in [3.05, 3.63) is 60.2 Å². The fourth-order valence-electron chi connectivity index (χ4n) is 5.09. The number of para-hydroxylation sites is 1. The fraction of sp³-hybridized carbons (Fsp3) is 0.433. The monoisotopic (exact) mass is 502 g/mol. The standard InChI is InChI=1S/C30H38N4O3/c1-21(35)11-4-2-7-16-27(34-30(37)26-17-10-19-31-26)29(36)32-20-18-24-23-14-8-9-15-25(23)33-28(24)22-12-5-3-6-13-22/h3,5-6,8-9,12-15,26-27,31,33H,2,4,7,10-11,16-20H2,1H3,(H,32,36)(H,34,37)/t26-,27+/m1/s1. The van der Waals surface area contributed by atoms with Gasteiger partial charge in [0.15, 0.2) is 0 Å². The van der Waals surface area contributed by atoms with E-state index < -0.39 is 6.04 Å². The molecule has 1 aliphatic rings. The van der Waals surface area contributed by atoms with Gasteiger partial charge in [-0.2, -0.15) is 0 Å². The lowest BCUT2D eigenvalue weighted by atomic mass is 10.0. The van der Waals surface area contributed by atoms with Gasteiger partial charge in [0.2, 0.25) is 11.8 Å². The van der Waals surface area contributed by atoms with Crippen LogP contribution in [-0.2, 0) is 20.8 Å². The first-order valence-electron chi connectivity index (χ1n) is 13.5. The van der Waals surface area contributed by atoms with Gasteiger partial charge in [-0.15, -0.1) is 0 Å². The van der Waals surface area contributed by atoms with Crippen LogP contribution in [0.5, 0.6) is 0 Å². The number of benzene rings is 2. The van der Waals surface area contributed by atoms with Gasteiger partial charge in [-0.25, -0.2) is 0 Å². The van der Waals surface area contributed by atoms with Crippen LogP contribution >= 0.6 is 0 Å². The van der Waals surface area contributed by atoms with E-state index in [9.17, 15) is 14.4 Å². The van der Waals surface area contributed by atoms with Crippen molar-refractivity contribution in [2.45, 2.75) is 70.4 Å². The second kappa shape index (κ2) is 13.2. The third kappa shape index (κ3) is 7.29. The van der Waals surface area contributed by atoms with Crippen molar-refractivity contribution < 1.29 is 14.4 Å². The van der Waals surface area contributed by atoms with E-state index in [4.69, 9.17) is 0 Å². The summed E-state index contributed by atoms with van der Waals surface area (Å²) in [7, 11) is 0. The van der Waals surface area contributed by atoms with Gasteiger partial charge in [-0.3, -0.25) is 9.59 Å². The van der Waals surface area contributed by atoms with Crippen LogP contribution < -0.4 is 16.0 Å². The van der Waals surface area contributed by atoms with E-state index >= 15 is 0 Å². The number of unbranched alkanes of at least 4 members (excludes halogenated alkanes) is 2. The Morgan fingerprint density at radius 2 is 1.78 bits per heavy atom. The molecule has 0 saturated carbocycles. The summed E-state index contributed by atoms with van der Waals surface area (Å²) in [6.07, 6.45) is 6.00. The molecule has 0 unspecified atom stereocenters. The number of aromatic nitrogens is 1. The largest absolute Gasteiger partial charge is 0.354 e. The van der Waals surface area contributed by atoms with Crippen molar-refractivity contribution in [2.75, 3.05) is 13.1 Å². The lowest BCUT2D eigenvalue weighted by molar-refractivity contribution is -0.130. The SMILES string of the molecule is CC(=O)CCCCC[C@H](NC(=O)[C@H]1CCCN1)C(=O)NCCc1c(-c2ccccc2)[nH]c2ccccc12. The third-order valence-corrected chi connectivity index (χ3v) is 7.08. The minimum absolute atomic E-state index is 0.107. The molecule has 1 aromatic heterocycles. The molecule has 0 spiro atoms. The van der Waals surface area contributed by atoms with Gasteiger partial charge in [0.05, 0.1) is 6.04 Å². The number of hydrogen-bond donors (Lipinski definition) is 4. The molecule has 1 fully saturated rings. The van der Waals surface area contributed by atoms with Gasteiger partial charge < -0.3 is 25.7 Å². The normalized spacial score (nSPS) is 16.0. The number of H-pyrrole nitrogens is 1. The summed E-state index contributed by atoms with van der Waals surface area (Å²) in [5, 5.41) is 10.4. The summed E-state index contributed by atoms with van der Waals surface area (Å²) in [4.78, 5) is 40.7. The van der Waals surface area contributed by atoms with Crippen molar-refractivity contribution in [1.82, 2.24) is 20.9 Å². The molecule has 0 aliphatic carbocycles. The van der Waals surface area contributed by atoms with Crippen LogP contribution in [-0.4, -0.2) is 47.8 Å². The molecule has 2 aromatic carbocycles. The van der Waals surface area contributed by atoms with Crippen molar-refractivity contribution in [2.24, 2.45) is 0 Å². The van der Waals surface area contributed by atoms with Crippen LogP contribution in [0.1, 0.15) is 57.4 Å². The molecule has 0 radical (unpaired) electrons. The van der Waals surface area contributed by atoms with Crippen LogP contribution in [0.25, 0.3) is 22.2 Å². The molecule has 2 amide bonds. The highest BCUT2D eigenvalue weighted by atomic mass is 16.2. The highest BCUT2D eigenvalue weighted by Crippen LogP contribution is 2.30. The number of Topliss-reactive ketones (excluding diaryl/α,β-unsaturated/α-hetero) is 1. The van der Waals surface area contributed by atoms with E-state index in [1.54, 1.807) is 6.92 Å². The minimum atomic E-state index is -0.580. The van der Waals surface area contributed by atoms with Crippen LogP contribution in [0.3, 0.4) is 0 Å². The Balaban J connectivity index is 1.40. The predicted molar refractivity (Wildman–Crippen MR) is 147 cm³/mol. The zero-order valence-electron chi connectivity index (χ0n) is 21.6. The molecular formula is C30H38N4O3. The zero-order chi connectivity index (χ0) is 26.0. The van der Waals surface area contributed by atoms with E-state index in [1.165, 1.54) is 5.56 Å². The Hall–Kier alpha value is -3.45. The lowest BCUT2D eigenvalue weighted by Crippen LogP contribution is -2.51. The first kappa shape index (κ1) is 26.6. The smallest absolute Gasteiger partial charge is 0.242 e. The summed E-state index contributed by atoms with van der Waals surface area (Å²) in [5.74, 6) is -0.0783. The molecule has 7 nitrogen and oxygen atoms in total. The number of carbonyl (C=O) groups is 3. The predicted octanol–water partition coefficient (Wildman–Crippen LogP) is 4.27. The van der Waals surface area contributed by atoms with Gasteiger partial charge in [0.1, 0.15) is 11.8 Å². The van der Waals surface area contributed by atoms with Crippen LogP contribution in [0.2, 0.25) is 0 Å². The topological polar surface area (TPSA) is 103 Å². The zero-order valence-corrected chi connectivity index (χ0v) is 21.6. The second-order valence-corrected chi connectivity index (χ2v) is 9.94. The van der Waals surface area contributed by atoms with Gasteiger partial charge in [0.25, 0.3) is 0 Å². The molecule has 4 rings (SSSR count). The molecule has 7 heteroatoms. The molecule has 4 N–H and O–H groups in total. The number of fused-ring (bicyclic) bond motifs is 1. The molecular weight excluding hydrogens is 464 g/mol. The molecule has 1 saturated heterocycles. The third-order valence-electron chi connectivity index (χ3n) is 7.08. The Bertz CT molecular complexity index is 1200. The average Bonchev–Trinajstić information content (AvgIpc) is 3.57. The van der Waals surface area contributed by atoms with Gasteiger partial charge in [-0.1, -0.05) is 61.4 Å². The molecule has 2 heterocycles. The molecule has 0 bridgehead atoms. The fourth-order valence-corrected chi connectivity index (χ4v) is 5.09. The van der Waals surface area contributed by atoms with Crippen molar-refractivity contribution in [3.8, 4) is 11.3 Å². The van der Waals surface area contributed by atoms with E-state index in [0.717, 1.165) is 60.8 Å². The Morgan fingerprint density at radius 3 is 2.54 bits per heavy atom. The Morgan fingerprint density at radius 1 is 1.00 bits per heavy atom. The van der Waals surface area contributed by atoms with Crippen LogP contribution in [0.4, 0.5) is 0 Å². The van der Waals surface area contributed by atoms with E-state index in [2.05, 4.69) is 45.2 Å².